The molecule has 9 heteroatoms. The highest BCUT2D eigenvalue weighted by Crippen LogP contribution is 2.35. The number of amides is 1. The molecule has 0 bridgehead atoms. The summed E-state index contributed by atoms with van der Waals surface area (Å²) < 4.78 is 15.4. The molecular weight excluding hydrogens is 381 g/mol. The number of nitrogens with one attached hydrogen (secondary N) is 1. The molecule has 7 nitrogen and oxygen atoms in total. The van der Waals surface area contributed by atoms with Gasteiger partial charge in [0.1, 0.15) is 10.7 Å². The van der Waals surface area contributed by atoms with Crippen LogP contribution in [0.15, 0.2) is 24.3 Å². The number of carbonyl (C=O) groups is 1. The number of aromatic nitrogens is 3. The van der Waals surface area contributed by atoms with Crippen molar-refractivity contribution in [3.63, 3.8) is 0 Å². The van der Waals surface area contributed by atoms with Gasteiger partial charge in [-0.25, -0.2) is 9.37 Å². The van der Waals surface area contributed by atoms with Crippen LogP contribution in [0.5, 0.6) is 5.88 Å². The molecule has 1 aromatic carbocycles. The molecular formula is C19H23FN5O2S+. The summed E-state index contributed by atoms with van der Waals surface area (Å²) in [6.45, 7) is 6.25. The van der Waals surface area contributed by atoms with Crippen LogP contribution in [0.3, 0.4) is 0 Å². The summed E-state index contributed by atoms with van der Waals surface area (Å²) in [5.74, 6) is 0.493. The third kappa shape index (κ3) is 3.35. The Balaban J connectivity index is 1.74. The van der Waals surface area contributed by atoms with E-state index in [1.165, 1.54) is 32.9 Å². The second-order valence-corrected chi connectivity index (χ2v) is 8.03. The number of hydrogen-bond donors (Lipinski definition) is 2. The largest absolute Gasteiger partial charge is 0.492 e. The lowest BCUT2D eigenvalue weighted by Gasteiger charge is -2.36. The standard InChI is InChI=1S/C19H22FN5O2S/c1-3-15-21-19-25(22-15)18(27)17(28-19)16(13-5-4-6-14(20)11-13)24-9-7-23(8-10-24)12(2)26/h4-6,11,16,27H,3,7-10H2,1-2H3/p+1/t16-/m0/s1. The van der Waals surface area contributed by atoms with Gasteiger partial charge in [0.2, 0.25) is 16.7 Å². The first-order chi connectivity index (χ1) is 13.5. The second-order valence-electron chi connectivity index (χ2n) is 7.02. The Labute approximate surface area is 166 Å². The van der Waals surface area contributed by atoms with Crippen molar-refractivity contribution in [2.75, 3.05) is 26.2 Å². The minimum absolute atomic E-state index is 0.0583. The van der Waals surface area contributed by atoms with E-state index in [4.69, 9.17) is 0 Å². The number of benzene rings is 1. The Morgan fingerprint density at radius 1 is 1.39 bits per heavy atom. The van der Waals surface area contributed by atoms with Gasteiger partial charge >= 0.3 is 0 Å². The zero-order valence-corrected chi connectivity index (χ0v) is 16.7. The summed E-state index contributed by atoms with van der Waals surface area (Å²) in [4.78, 5) is 20.5. The first kappa shape index (κ1) is 18.8. The maximum atomic E-state index is 14.0. The highest BCUT2D eigenvalue weighted by molar-refractivity contribution is 7.17. The van der Waals surface area contributed by atoms with Crippen LogP contribution in [-0.4, -0.2) is 56.7 Å². The van der Waals surface area contributed by atoms with Crippen LogP contribution in [0.25, 0.3) is 4.96 Å². The molecule has 1 saturated heterocycles. The summed E-state index contributed by atoms with van der Waals surface area (Å²) in [6.07, 6.45) is 0.689. The highest BCUT2D eigenvalue weighted by atomic mass is 32.1. The van der Waals surface area contributed by atoms with E-state index in [0.717, 1.165) is 10.4 Å². The van der Waals surface area contributed by atoms with E-state index in [9.17, 15) is 14.3 Å². The Morgan fingerprint density at radius 2 is 2.14 bits per heavy atom. The van der Waals surface area contributed by atoms with Crippen LogP contribution in [0.1, 0.15) is 36.2 Å². The Hall–Kier alpha value is -2.52. The van der Waals surface area contributed by atoms with Gasteiger partial charge < -0.3 is 14.9 Å². The molecule has 4 rings (SSSR count). The number of aryl methyl sites for hydroxylation is 1. The lowest BCUT2D eigenvalue weighted by Crippen LogP contribution is -3.15. The first-order valence-corrected chi connectivity index (χ1v) is 10.2. The molecule has 1 aliphatic rings. The van der Waals surface area contributed by atoms with Gasteiger partial charge in [-0.1, -0.05) is 30.4 Å². The molecule has 2 N–H and O–H groups in total. The van der Waals surface area contributed by atoms with Crippen molar-refractivity contribution in [3.8, 4) is 5.88 Å². The fourth-order valence-electron chi connectivity index (χ4n) is 3.78. The molecule has 1 aliphatic heterocycles. The normalized spacial score (nSPS) is 16.6. The molecule has 0 spiro atoms. The number of nitrogens with zero attached hydrogens (tertiary/aromatic N) is 4. The Kier molecular flexibility index (Phi) is 5.03. The molecule has 0 unspecified atom stereocenters. The molecule has 1 atom stereocenters. The van der Waals surface area contributed by atoms with Crippen LogP contribution in [0.4, 0.5) is 4.39 Å². The highest BCUT2D eigenvalue weighted by Gasteiger charge is 2.35. The van der Waals surface area contributed by atoms with Crippen molar-refractivity contribution in [3.05, 3.63) is 46.3 Å². The van der Waals surface area contributed by atoms with E-state index in [0.29, 0.717) is 43.4 Å². The summed E-state index contributed by atoms with van der Waals surface area (Å²) in [5.41, 5.74) is 0.793. The van der Waals surface area contributed by atoms with Crippen LogP contribution in [-0.2, 0) is 11.2 Å². The van der Waals surface area contributed by atoms with Gasteiger partial charge in [-0.15, -0.1) is 5.10 Å². The smallest absolute Gasteiger partial charge is 0.235 e. The minimum Gasteiger partial charge on any atom is -0.492 e. The van der Waals surface area contributed by atoms with Gasteiger partial charge in [-0.3, -0.25) is 4.79 Å². The van der Waals surface area contributed by atoms with E-state index >= 15 is 0 Å². The number of rotatable bonds is 4. The number of carbonyl (C=O) groups excluding carboxylic acids is 1. The van der Waals surface area contributed by atoms with Crippen molar-refractivity contribution >= 4 is 22.2 Å². The molecule has 0 saturated carbocycles. The van der Waals surface area contributed by atoms with Crippen LogP contribution < -0.4 is 4.90 Å². The predicted octanol–water partition coefficient (Wildman–Crippen LogP) is 1.03. The third-order valence-corrected chi connectivity index (χ3v) is 6.35. The third-order valence-electron chi connectivity index (χ3n) is 5.26. The van der Waals surface area contributed by atoms with Gasteiger partial charge in [0, 0.05) is 18.9 Å². The Bertz CT molecular complexity index is 1010. The quantitative estimate of drug-likeness (QED) is 0.681. The fourth-order valence-corrected chi connectivity index (χ4v) is 4.94. The van der Waals surface area contributed by atoms with Crippen molar-refractivity contribution < 1.29 is 19.2 Å². The van der Waals surface area contributed by atoms with Gasteiger partial charge in [-0.2, -0.15) is 4.52 Å². The number of fused-ring (bicyclic) bond motifs is 1. The van der Waals surface area contributed by atoms with Gasteiger partial charge in [0.15, 0.2) is 11.9 Å². The lowest BCUT2D eigenvalue weighted by atomic mass is 10.0. The average molecular weight is 404 g/mol. The number of quaternary nitrogens is 1. The number of halogens is 1. The monoisotopic (exact) mass is 404 g/mol. The van der Waals surface area contributed by atoms with E-state index in [-0.39, 0.29) is 23.6 Å². The van der Waals surface area contributed by atoms with E-state index < -0.39 is 0 Å². The molecule has 2 aromatic heterocycles. The van der Waals surface area contributed by atoms with E-state index in [2.05, 4.69) is 10.1 Å². The second kappa shape index (κ2) is 7.48. The van der Waals surface area contributed by atoms with Crippen molar-refractivity contribution in [1.29, 1.82) is 0 Å². The first-order valence-electron chi connectivity index (χ1n) is 9.40. The van der Waals surface area contributed by atoms with Crippen molar-refractivity contribution in [2.24, 2.45) is 0 Å². The minimum atomic E-state index is -0.309. The molecule has 1 amide bonds. The van der Waals surface area contributed by atoms with Crippen LogP contribution >= 0.6 is 11.3 Å². The summed E-state index contributed by atoms with van der Waals surface area (Å²) >= 11 is 1.39. The SMILES string of the molecule is CCc1nc2sc([C@H](c3cccc(F)c3)[NH+]3CCN(C(C)=O)CC3)c(O)n2n1. The number of piperazine rings is 1. The number of thiazole rings is 1. The molecule has 0 radical (unpaired) electrons. The van der Waals surface area contributed by atoms with Crippen molar-refractivity contribution in [2.45, 2.75) is 26.3 Å². The van der Waals surface area contributed by atoms with Gasteiger partial charge in [-0.05, 0) is 12.1 Å². The molecule has 3 heterocycles. The van der Waals surface area contributed by atoms with Gasteiger partial charge in [0.25, 0.3) is 0 Å². The number of aromatic hydroxyl groups is 1. The van der Waals surface area contributed by atoms with Crippen molar-refractivity contribution in [1.82, 2.24) is 19.5 Å². The molecule has 0 aliphatic carbocycles. The predicted molar refractivity (Wildman–Crippen MR) is 103 cm³/mol. The summed E-state index contributed by atoms with van der Waals surface area (Å²) in [5, 5.41) is 15.2. The molecule has 3 aromatic rings. The fraction of sp³-hybridized carbons (Fsp3) is 0.421. The van der Waals surface area contributed by atoms with Crippen LogP contribution in [0.2, 0.25) is 0 Å². The maximum Gasteiger partial charge on any atom is 0.235 e. The zero-order chi connectivity index (χ0) is 19.8. The zero-order valence-electron chi connectivity index (χ0n) is 15.9. The number of hydrogen-bond acceptors (Lipinski definition) is 5. The maximum absolute atomic E-state index is 14.0. The molecule has 1 fully saturated rings. The molecule has 28 heavy (non-hydrogen) atoms. The Morgan fingerprint density at radius 3 is 2.75 bits per heavy atom. The van der Waals surface area contributed by atoms with E-state index in [1.54, 1.807) is 13.0 Å². The lowest BCUT2D eigenvalue weighted by molar-refractivity contribution is -0.929. The van der Waals surface area contributed by atoms with E-state index in [1.807, 2.05) is 17.9 Å². The molecule has 148 valence electrons. The van der Waals surface area contributed by atoms with Gasteiger partial charge in [0.05, 0.1) is 26.2 Å². The average Bonchev–Trinajstić information content (AvgIpc) is 3.22. The summed E-state index contributed by atoms with van der Waals surface area (Å²) in [6, 6.07) is 6.25. The topological polar surface area (TPSA) is 75.2 Å². The summed E-state index contributed by atoms with van der Waals surface area (Å²) in [7, 11) is 0. The van der Waals surface area contributed by atoms with Crippen LogP contribution in [0, 0.1) is 5.82 Å².